The molecule has 0 atom stereocenters. The first kappa shape index (κ1) is 14.9. The fraction of sp³-hybridized carbons (Fsp3) is 0.400. The zero-order valence-corrected chi connectivity index (χ0v) is 12.3. The second kappa shape index (κ2) is 4.87. The molecular formula is C10H16N2O4S2. The molecule has 0 amide bonds. The Labute approximate surface area is 108 Å². The normalized spacial score (nSPS) is 12.7. The summed E-state index contributed by atoms with van der Waals surface area (Å²) in [5, 5.41) is 0. The van der Waals surface area contributed by atoms with Gasteiger partial charge in [0, 0.05) is 14.1 Å². The maximum Gasteiger partial charge on any atom is 0.242 e. The number of benzene rings is 1. The predicted molar refractivity (Wildman–Crippen MR) is 70.5 cm³/mol. The number of aryl methyl sites for hydroxylation is 1. The van der Waals surface area contributed by atoms with Gasteiger partial charge in [0.2, 0.25) is 20.0 Å². The Morgan fingerprint density at radius 2 is 1.67 bits per heavy atom. The summed E-state index contributed by atoms with van der Waals surface area (Å²) in [5.41, 5.74) is 0.915. The lowest BCUT2D eigenvalue weighted by Gasteiger charge is -2.14. The van der Waals surface area contributed by atoms with Gasteiger partial charge in [-0.2, -0.15) is 0 Å². The Morgan fingerprint density at radius 3 is 2.11 bits per heavy atom. The zero-order valence-electron chi connectivity index (χ0n) is 10.6. The number of nitrogens with zero attached hydrogens (tertiary/aromatic N) is 1. The minimum atomic E-state index is -3.57. The molecule has 0 heterocycles. The predicted octanol–water partition coefficient (Wildman–Crippen LogP) is 0.617. The van der Waals surface area contributed by atoms with Crippen LogP contribution in [0.5, 0.6) is 0 Å². The van der Waals surface area contributed by atoms with Crippen molar-refractivity contribution in [3.63, 3.8) is 0 Å². The van der Waals surface area contributed by atoms with Gasteiger partial charge < -0.3 is 0 Å². The standard InChI is InChI=1S/C10H16N2O4S2/c1-8-5-6-9(18(15,16)12(2)3)7-10(8)11-17(4,13)14/h5-7,11H,1-4H3. The topological polar surface area (TPSA) is 83.6 Å². The monoisotopic (exact) mass is 292 g/mol. The highest BCUT2D eigenvalue weighted by Gasteiger charge is 2.18. The average molecular weight is 292 g/mol. The SMILES string of the molecule is Cc1ccc(S(=O)(=O)N(C)C)cc1NS(C)(=O)=O. The Hall–Kier alpha value is -1.12. The highest BCUT2D eigenvalue weighted by molar-refractivity contribution is 7.92. The van der Waals surface area contributed by atoms with E-state index in [2.05, 4.69) is 4.72 Å². The van der Waals surface area contributed by atoms with Crippen LogP contribution in [-0.2, 0) is 20.0 Å². The molecule has 0 aliphatic heterocycles. The number of anilines is 1. The molecule has 1 aromatic carbocycles. The van der Waals surface area contributed by atoms with Gasteiger partial charge in [-0.15, -0.1) is 0 Å². The molecule has 1 N–H and O–H groups in total. The van der Waals surface area contributed by atoms with E-state index in [1.54, 1.807) is 13.0 Å². The lowest BCUT2D eigenvalue weighted by molar-refractivity contribution is 0.520. The Balaban J connectivity index is 3.33. The van der Waals surface area contributed by atoms with Crippen molar-refractivity contribution in [3.05, 3.63) is 23.8 Å². The molecule has 102 valence electrons. The van der Waals surface area contributed by atoms with E-state index < -0.39 is 20.0 Å². The maximum absolute atomic E-state index is 11.9. The van der Waals surface area contributed by atoms with Crippen LogP contribution < -0.4 is 4.72 Å². The van der Waals surface area contributed by atoms with Crippen molar-refractivity contribution >= 4 is 25.7 Å². The molecule has 1 rings (SSSR count). The molecule has 0 fully saturated rings. The van der Waals surface area contributed by atoms with Gasteiger partial charge in [0.1, 0.15) is 0 Å². The van der Waals surface area contributed by atoms with E-state index in [-0.39, 0.29) is 10.6 Å². The molecular weight excluding hydrogens is 276 g/mol. The highest BCUT2D eigenvalue weighted by atomic mass is 32.2. The summed E-state index contributed by atoms with van der Waals surface area (Å²) < 4.78 is 49.5. The number of hydrogen-bond donors (Lipinski definition) is 1. The van der Waals surface area contributed by atoms with Crippen molar-refractivity contribution in [2.24, 2.45) is 0 Å². The third kappa shape index (κ3) is 3.44. The largest absolute Gasteiger partial charge is 0.283 e. The van der Waals surface area contributed by atoms with Gasteiger partial charge in [-0.25, -0.2) is 21.1 Å². The lowest BCUT2D eigenvalue weighted by Crippen LogP contribution is -2.22. The average Bonchev–Trinajstić information content (AvgIpc) is 2.18. The minimum absolute atomic E-state index is 0.0456. The van der Waals surface area contributed by atoms with Gasteiger partial charge in [-0.3, -0.25) is 4.72 Å². The van der Waals surface area contributed by atoms with Crippen molar-refractivity contribution in [1.29, 1.82) is 0 Å². The van der Waals surface area contributed by atoms with Crippen LogP contribution in [0.4, 0.5) is 5.69 Å². The van der Waals surface area contributed by atoms with Gasteiger partial charge >= 0.3 is 0 Å². The van der Waals surface area contributed by atoms with Crippen molar-refractivity contribution in [3.8, 4) is 0 Å². The first-order valence-corrected chi connectivity index (χ1v) is 8.38. The van der Waals surface area contributed by atoms with E-state index >= 15 is 0 Å². The van der Waals surface area contributed by atoms with Crippen LogP contribution in [0.2, 0.25) is 0 Å². The van der Waals surface area contributed by atoms with Crippen molar-refractivity contribution in [2.45, 2.75) is 11.8 Å². The first-order valence-electron chi connectivity index (χ1n) is 5.05. The van der Waals surface area contributed by atoms with E-state index in [0.717, 1.165) is 10.6 Å². The summed E-state index contributed by atoms with van der Waals surface area (Å²) in [6.07, 6.45) is 1.01. The number of nitrogens with one attached hydrogen (secondary N) is 1. The smallest absolute Gasteiger partial charge is 0.242 e. The molecule has 0 saturated heterocycles. The molecule has 0 bridgehead atoms. The van der Waals surface area contributed by atoms with Crippen LogP contribution in [0, 0.1) is 6.92 Å². The summed E-state index contributed by atoms with van der Waals surface area (Å²) in [6.45, 7) is 1.69. The lowest BCUT2D eigenvalue weighted by atomic mass is 10.2. The van der Waals surface area contributed by atoms with E-state index in [9.17, 15) is 16.8 Å². The summed E-state index contributed by atoms with van der Waals surface area (Å²) in [4.78, 5) is 0.0456. The molecule has 0 aliphatic rings. The maximum atomic E-state index is 11.9. The van der Waals surface area contributed by atoms with Crippen LogP contribution in [0.1, 0.15) is 5.56 Å². The summed E-state index contributed by atoms with van der Waals surface area (Å²) in [7, 11) is -4.18. The number of rotatable bonds is 4. The minimum Gasteiger partial charge on any atom is -0.283 e. The molecule has 0 radical (unpaired) electrons. The van der Waals surface area contributed by atoms with Crippen LogP contribution in [-0.4, -0.2) is 41.5 Å². The second-order valence-corrected chi connectivity index (χ2v) is 8.04. The molecule has 8 heteroatoms. The van der Waals surface area contributed by atoms with Gasteiger partial charge in [0.05, 0.1) is 16.8 Å². The van der Waals surface area contributed by atoms with Gasteiger partial charge in [0.15, 0.2) is 0 Å². The van der Waals surface area contributed by atoms with Gasteiger partial charge in [0.25, 0.3) is 0 Å². The van der Waals surface area contributed by atoms with Crippen molar-refractivity contribution < 1.29 is 16.8 Å². The van der Waals surface area contributed by atoms with E-state index in [1.807, 2.05) is 0 Å². The molecule has 0 unspecified atom stereocenters. The molecule has 1 aromatic rings. The first-order chi connectivity index (χ1) is 8.04. The summed E-state index contributed by atoms with van der Waals surface area (Å²) in [5.74, 6) is 0. The van der Waals surface area contributed by atoms with Crippen molar-refractivity contribution in [2.75, 3.05) is 25.1 Å². The summed E-state index contributed by atoms with van der Waals surface area (Å²) in [6, 6.07) is 4.31. The summed E-state index contributed by atoms with van der Waals surface area (Å²) >= 11 is 0. The number of sulfonamides is 2. The molecule has 0 aromatic heterocycles. The fourth-order valence-corrected chi connectivity index (χ4v) is 2.83. The second-order valence-electron chi connectivity index (χ2n) is 4.14. The Morgan fingerprint density at radius 1 is 1.11 bits per heavy atom. The van der Waals surface area contributed by atoms with E-state index in [4.69, 9.17) is 0 Å². The highest BCUT2D eigenvalue weighted by Crippen LogP contribution is 2.22. The molecule has 0 saturated carbocycles. The molecule has 6 nitrogen and oxygen atoms in total. The van der Waals surface area contributed by atoms with Crippen LogP contribution in [0.25, 0.3) is 0 Å². The van der Waals surface area contributed by atoms with Gasteiger partial charge in [-0.1, -0.05) is 6.07 Å². The van der Waals surface area contributed by atoms with Crippen LogP contribution >= 0.6 is 0 Å². The Bertz CT molecular complexity index is 648. The number of hydrogen-bond acceptors (Lipinski definition) is 4. The van der Waals surface area contributed by atoms with E-state index in [0.29, 0.717) is 5.56 Å². The van der Waals surface area contributed by atoms with Crippen molar-refractivity contribution in [1.82, 2.24) is 4.31 Å². The van der Waals surface area contributed by atoms with E-state index in [1.165, 1.54) is 26.2 Å². The molecule has 18 heavy (non-hydrogen) atoms. The molecule has 0 aliphatic carbocycles. The van der Waals surface area contributed by atoms with Crippen LogP contribution in [0.3, 0.4) is 0 Å². The third-order valence-electron chi connectivity index (χ3n) is 2.28. The third-order valence-corrected chi connectivity index (χ3v) is 4.68. The Kier molecular flexibility index (Phi) is 4.04. The quantitative estimate of drug-likeness (QED) is 0.881. The molecule has 0 spiro atoms. The fourth-order valence-electron chi connectivity index (χ4n) is 1.28. The van der Waals surface area contributed by atoms with Crippen LogP contribution in [0.15, 0.2) is 23.1 Å². The zero-order chi connectivity index (χ0) is 14.1. The van der Waals surface area contributed by atoms with Gasteiger partial charge in [-0.05, 0) is 24.6 Å².